The summed E-state index contributed by atoms with van der Waals surface area (Å²) < 4.78 is 4.72. The van der Waals surface area contributed by atoms with Gasteiger partial charge in [0.1, 0.15) is 5.65 Å². The number of aryl methyl sites for hydroxylation is 1. The molecule has 0 amide bonds. The van der Waals surface area contributed by atoms with Crippen molar-refractivity contribution < 1.29 is 4.57 Å². The van der Waals surface area contributed by atoms with Crippen LogP contribution in [0, 0.1) is 0 Å². The van der Waals surface area contributed by atoms with Gasteiger partial charge in [0.25, 0.3) is 0 Å². The van der Waals surface area contributed by atoms with E-state index in [2.05, 4.69) is 140 Å². The first-order valence-corrected chi connectivity index (χ1v) is 17.2. The van der Waals surface area contributed by atoms with Crippen LogP contribution in [-0.2, 0) is 11.8 Å². The number of aromatic nitrogens is 4. The Kier molecular flexibility index (Phi) is 6.52. The zero-order chi connectivity index (χ0) is 32.6. The molecule has 0 saturated heterocycles. The van der Waals surface area contributed by atoms with Gasteiger partial charge in [0.2, 0.25) is 5.69 Å². The molecule has 4 nitrogen and oxygen atoms in total. The first-order chi connectivity index (χ1) is 23.4. The molecule has 0 aliphatic carbocycles. The van der Waals surface area contributed by atoms with Crippen molar-refractivity contribution in [1.82, 2.24) is 14.4 Å². The lowest BCUT2D eigenvalue weighted by molar-refractivity contribution is -0.571. The zero-order valence-corrected chi connectivity index (χ0v) is 27.9. The first kappa shape index (κ1) is 28.8. The predicted molar refractivity (Wildman–Crippen MR) is 199 cm³/mol. The summed E-state index contributed by atoms with van der Waals surface area (Å²) in [7, 11) is 0. The summed E-state index contributed by atoms with van der Waals surface area (Å²) in [5.74, 6) is 0.333. The minimum Gasteiger partial charge on any atom is -0.293 e. The Morgan fingerprint density at radius 2 is 1.50 bits per heavy atom. The summed E-state index contributed by atoms with van der Waals surface area (Å²) in [6.45, 7) is 11.6. The van der Waals surface area contributed by atoms with E-state index in [1.54, 1.807) is 0 Å². The van der Waals surface area contributed by atoms with E-state index >= 15 is 0 Å². The molecule has 0 fully saturated rings. The Morgan fingerprint density at radius 3 is 2.33 bits per heavy atom. The summed E-state index contributed by atoms with van der Waals surface area (Å²) in [5.41, 5.74) is 13.1. The van der Waals surface area contributed by atoms with Crippen molar-refractivity contribution in [2.45, 2.75) is 57.8 Å². The van der Waals surface area contributed by atoms with Crippen molar-refractivity contribution in [3.05, 3.63) is 139 Å². The fourth-order valence-electron chi connectivity index (χ4n) is 8.05. The van der Waals surface area contributed by atoms with Gasteiger partial charge in [-0.15, -0.1) is 0 Å². The first-order valence-electron chi connectivity index (χ1n) is 17.2. The molecule has 0 bridgehead atoms. The van der Waals surface area contributed by atoms with Gasteiger partial charge in [0.15, 0.2) is 11.9 Å². The summed E-state index contributed by atoms with van der Waals surface area (Å²) in [4.78, 5) is 10.4. The molecule has 0 spiro atoms. The van der Waals surface area contributed by atoms with Gasteiger partial charge in [-0.1, -0.05) is 69.3 Å². The van der Waals surface area contributed by atoms with Crippen LogP contribution in [0.2, 0.25) is 0 Å². The van der Waals surface area contributed by atoms with Crippen LogP contribution in [0.5, 0.6) is 0 Å². The number of benzene rings is 3. The van der Waals surface area contributed by atoms with E-state index in [0.717, 1.165) is 54.1 Å². The zero-order valence-electron chi connectivity index (χ0n) is 27.9. The molecule has 1 unspecified atom stereocenters. The third kappa shape index (κ3) is 4.46. The smallest absolute Gasteiger partial charge is 0.219 e. The van der Waals surface area contributed by atoms with Gasteiger partial charge in [-0.2, -0.15) is 4.57 Å². The van der Waals surface area contributed by atoms with Crippen LogP contribution in [-0.4, -0.2) is 14.4 Å². The molecule has 48 heavy (non-hydrogen) atoms. The van der Waals surface area contributed by atoms with Gasteiger partial charge in [0, 0.05) is 51.9 Å². The summed E-state index contributed by atoms with van der Waals surface area (Å²) in [5, 5.41) is 5.08. The fraction of sp³-hybridized carbons (Fsp3) is 0.205. The van der Waals surface area contributed by atoms with Gasteiger partial charge >= 0.3 is 0 Å². The van der Waals surface area contributed by atoms with Crippen molar-refractivity contribution in [2.75, 3.05) is 0 Å². The minimum atomic E-state index is 0.0185. The van der Waals surface area contributed by atoms with Crippen LogP contribution < -0.4 is 4.57 Å². The van der Waals surface area contributed by atoms with E-state index in [9.17, 15) is 0 Å². The maximum absolute atomic E-state index is 5.66. The van der Waals surface area contributed by atoms with Crippen molar-refractivity contribution >= 4 is 43.9 Å². The summed E-state index contributed by atoms with van der Waals surface area (Å²) in [6, 6.07) is 37.6. The molecule has 0 N–H and O–H groups in total. The van der Waals surface area contributed by atoms with E-state index in [-0.39, 0.29) is 5.41 Å². The SMILES string of the molecule is C=C1CCC(c2ccccc2-c2ccccn2)CCc2nc3c(cc2-c2cccc[n+]21)c1cc(C(C)(C)C)cc2c4ccccc4n3c21. The number of hydrogen-bond donors (Lipinski definition) is 0. The number of fused-ring (bicyclic) bond motifs is 9. The summed E-state index contributed by atoms with van der Waals surface area (Å²) in [6.07, 6.45) is 7.84. The molecule has 3 aromatic carbocycles. The Labute approximate surface area is 281 Å². The molecule has 234 valence electrons. The molecule has 8 aromatic rings. The number of allylic oxidation sites excluding steroid dienone is 1. The number of pyridine rings is 3. The van der Waals surface area contributed by atoms with Crippen molar-refractivity contribution in [1.29, 1.82) is 0 Å². The number of rotatable bonds is 2. The van der Waals surface area contributed by atoms with E-state index < -0.39 is 0 Å². The van der Waals surface area contributed by atoms with Gasteiger partial charge < -0.3 is 0 Å². The highest BCUT2D eigenvalue weighted by atomic mass is 15.0. The largest absolute Gasteiger partial charge is 0.293 e. The summed E-state index contributed by atoms with van der Waals surface area (Å²) >= 11 is 0. The number of hydrogen-bond acceptors (Lipinski definition) is 2. The van der Waals surface area contributed by atoms with Crippen LogP contribution >= 0.6 is 0 Å². The van der Waals surface area contributed by atoms with Crippen molar-refractivity contribution in [3.63, 3.8) is 0 Å². The highest BCUT2D eigenvalue weighted by Gasteiger charge is 2.29. The topological polar surface area (TPSA) is 34.1 Å². The lowest BCUT2D eigenvalue weighted by atomic mass is 9.84. The molecule has 5 aromatic heterocycles. The quantitative estimate of drug-likeness (QED) is 0.180. The maximum Gasteiger partial charge on any atom is 0.219 e. The van der Waals surface area contributed by atoms with Gasteiger partial charge in [0.05, 0.1) is 28.0 Å². The molecule has 6 heterocycles. The second kappa shape index (κ2) is 10.8. The normalized spacial score (nSPS) is 15.7. The lowest BCUT2D eigenvalue weighted by Gasteiger charge is -2.22. The second-order valence-corrected chi connectivity index (χ2v) is 14.5. The third-order valence-corrected chi connectivity index (χ3v) is 10.5. The monoisotopic (exact) mass is 623 g/mol. The third-order valence-electron chi connectivity index (χ3n) is 10.5. The maximum atomic E-state index is 5.66. The van der Waals surface area contributed by atoms with E-state index in [4.69, 9.17) is 9.97 Å². The Balaban J connectivity index is 1.30. The highest BCUT2D eigenvalue weighted by Crippen LogP contribution is 2.43. The Morgan fingerprint density at radius 1 is 0.750 bits per heavy atom. The van der Waals surface area contributed by atoms with Crippen molar-refractivity contribution in [3.8, 4) is 22.5 Å². The average Bonchev–Trinajstić information content (AvgIpc) is 3.62. The van der Waals surface area contributed by atoms with Gasteiger partial charge in [-0.05, 0) is 90.8 Å². The van der Waals surface area contributed by atoms with Crippen LogP contribution in [0.1, 0.15) is 62.8 Å². The van der Waals surface area contributed by atoms with E-state index in [1.165, 1.54) is 54.8 Å². The van der Waals surface area contributed by atoms with Crippen LogP contribution in [0.15, 0.2) is 122 Å². The van der Waals surface area contributed by atoms with Gasteiger partial charge in [-0.3, -0.25) is 9.38 Å². The number of para-hydroxylation sites is 1. The molecule has 0 saturated carbocycles. The van der Waals surface area contributed by atoms with Crippen LogP contribution in [0.25, 0.3) is 66.4 Å². The number of nitrogens with zero attached hydrogens (tertiary/aromatic N) is 4. The lowest BCUT2D eigenvalue weighted by Crippen LogP contribution is -2.34. The molecule has 1 aliphatic heterocycles. The molecule has 1 aliphatic rings. The molecule has 9 rings (SSSR count). The molecule has 1 atom stereocenters. The van der Waals surface area contributed by atoms with Gasteiger partial charge in [-0.25, -0.2) is 4.98 Å². The minimum absolute atomic E-state index is 0.0185. The molecule has 0 radical (unpaired) electrons. The fourth-order valence-corrected chi connectivity index (χ4v) is 8.05. The second-order valence-electron chi connectivity index (χ2n) is 14.5. The highest BCUT2D eigenvalue weighted by molar-refractivity contribution is 6.23. The average molecular weight is 624 g/mol. The van der Waals surface area contributed by atoms with Crippen LogP contribution in [0.3, 0.4) is 0 Å². The molecular weight excluding hydrogens is 585 g/mol. The van der Waals surface area contributed by atoms with E-state index in [0.29, 0.717) is 5.92 Å². The van der Waals surface area contributed by atoms with Crippen molar-refractivity contribution in [2.24, 2.45) is 0 Å². The molecule has 4 heteroatoms. The Bertz CT molecular complexity index is 2510. The van der Waals surface area contributed by atoms with E-state index in [1.807, 2.05) is 12.3 Å². The van der Waals surface area contributed by atoms with Crippen LogP contribution in [0.4, 0.5) is 0 Å². The Hall–Kier alpha value is -5.35. The molecular formula is C44H39N4+. The predicted octanol–water partition coefficient (Wildman–Crippen LogP) is 10.5. The standard InChI is InChI=1S/C44H39N4/c1-28-19-20-29(31-13-5-6-14-32(31)38-16-9-11-23-45-38)21-22-39-37(40-17-10-12-24-47(28)40)27-36-35-26-30(44(2,3)4)25-34-33-15-7-8-18-41(33)48(42(34)35)43(36)46-39/h5-18,23-27,29H,1,19-22H2,2-4H3/q+1.